The Labute approximate surface area is 179 Å². The molecule has 1 atom stereocenters. The van der Waals surface area contributed by atoms with E-state index in [9.17, 15) is 4.79 Å². The normalized spacial score (nSPS) is 16.8. The van der Waals surface area contributed by atoms with E-state index >= 15 is 0 Å². The van der Waals surface area contributed by atoms with Crippen LogP contribution in [0.1, 0.15) is 43.4 Å². The zero-order chi connectivity index (χ0) is 21.0. The van der Waals surface area contributed by atoms with E-state index in [0.29, 0.717) is 5.92 Å². The lowest BCUT2D eigenvalue weighted by molar-refractivity contribution is -0.121. The summed E-state index contributed by atoms with van der Waals surface area (Å²) >= 11 is 5.97. The van der Waals surface area contributed by atoms with Gasteiger partial charge in [0.1, 0.15) is 0 Å². The maximum atomic E-state index is 13.0. The lowest BCUT2D eigenvalue weighted by Crippen LogP contribution is -2.52. The SMILES string of the molecule is Cc1cccc(C(C)C)c1NC(=O)[C@@H](C)N1CCN(Cc2ccc(Cl)cc2)CC1. The van der Waals surface area contributed by atoms with Gasteiger partial charge in [-0.25, -0.2) is 0 Å². The second kappa shape index (κ2) is 9.75. The summed E-state index contributed by atoms with van der Waals surface area (Å²) in [6.45, 7) is 13.0. The number of rotatable bonds is 6. The number of aryl methyl sites for hydroxylation is 1. The molecule has 1 aliphatic heterocycles. The molecule has 5 heteroatoms. The first-order valence-electron chi connectivity index (χ1n) is 10.5. The third kappa shape index (κ3) is 5.59. The summed E-state index contributed by atoms with van der Waals surface area (Å²) in [6, 6.07) is 14.1. The van der Waals surface area contributed by atoms with Crippen molar-refractivity contribution in [3.63, 3.8) is 0 Å². The van der Waals surface area contributed by atoms with Gasteiger partial charge in [0, 0.05) is 43.4 Å². The molecule has 0 bridgehead atoms. The number of nitrogens with zero attached hydrogens (tertiary/aromatic N) is 2. The molecule has 3 rings (SSSR count). The molecule has 0 aliphatic carbocycles. The molecule has 4 nitrogen and oxygen atoms in total. The van der Waals surface area contributed by atoms with E-state index in [2.05, 4.69) is 66.2 Å². The first-order chi connectivity index (χ1) is 13.8. The number of amides is 1. The van der Waals surface area contributed by atoms with Crippen molar-refractivity contribution in [1.82, 2.24) is 9.80 Å². The van der Waals surface area contributed by atoms with Gasteiger partial charge >= 0.3 is 0 Å². The van der Waals surface area contributed by atoms with E-state index in [-0.39, 0.29) is 11.9 Å². The Morgan fingerprint density at radius 2 is 1.69 bits per heavy atom. The topological polar surface area (TPSA) is 35.6 Å². The maximum absolute atomic E-state index is 13.0. The van der Waals surface area contributed by atoms with Crippen molar-refractivity contribution >= 4 is 23.2 Å². The van der Waals surface area contributed by atoms with Crippen LogP contribution in [0.4, 0.5) is 5.69 Å². The average Bonchev–Trinajstić information content (AvgIpc) is 2.71. The summed E-state index contributed by atoms with van der Waals surface area (Å²) in [4.78, 5) is 17.7. The minimum absolute atomic E-state index is 0.0763. The molecular formula is C24H32ClN3O. The summed E-state index contributed by atoms with van der Waals surface area (Å²) in [5.74, 6) is 0.448. The molecule has 0 aromatic heterocycles. The molecule has 1 N–H and O–H groups in total. The molecule has 29 heavy (non-hydrogen) atoms. The van der Waals surface area contributed by atoms with Crippen molar-refractivity contribution in [3.8, 4) is 0 Å². The smallest absolute Gasteiger partial charge is 0.241 e. The van der Waals surface area contributed by atoms with Crippen LogP contribution in [0.5, 0.6) is 0 Å². The number of anilines is 1. The second-order valence-corrected chi connectivity index (χ2v) is 8.73. The van der Waals surface area contributed by atoms with Crippen LogP contribution in [-0.4, -0.2) is 47.9 Å². The fourth-order valence-corrected chi connectivity index (χ4v) is 4.02. The highest BCUT2D eigenvalue weighted by molar-refractivity contribution is 6.30. The highest BCUT2D eigenvalue weighted by Crippen LogP contribution is 2.27. The lowest BCUT2D eigenvalue weighted by atomic mass is 9.98. The third-order valence-corrected chi connectivity index (χ3v) is 6.08. The molecule has 0 spiro atoms. The minimum atomic E-state index is -0.146. The molecule has 1 amide bonds. The third-order valence-electron chi connectivity index (χ3n) is 5.83. The van der Waals surface area contributed by atoms with Crippen molar-refractivity contribution in [2.24, 2.45) is 0 Å². The fourth-order valence-electron chi connectivity index (χ4n) is 3.89. The van der Waals surface area contributed by atoms with Gasteiger partial charge in [-0.3, -0.25) is 14.6 Å². The van der Waals surface area contributed by atoms with E-state index in [0.717, 1.165) is 49.0 Å². The van der Waals surface area contributed by atoms with Gasteiger partial charge in [-0.1, -0.05) is 55.8 Å². The van der Waals surface area contributed by atoms with Crippen molar-refractivity contribution in [3.05, 3.63) is 64.2 Å². The number of para-hydroxylation sites is 1. The number of carbonyl (C=O) groups is 1. The minimum Gasteiger partial charge on any atom is -0.324 e. The summed E-state index contributed by atoms with van der Waals surface area (Å²) in [5.41, 5.74) is 4.55. The first kappa shape index (κ1) is 21.8. The summed E-state index contributed by atoms with van der Waals surface area (Å²) in [7, 11) is 0. The van der Waals surface area contributed by atoms with Gasteiger partial charge in [0.15, 0.2) is 0 Å². The van der Waals surface area contributed by atoms with E-state index in [1.807, 2.05) is 19.1 Å². The van der Waals surface area contributed by atoms with Crippen LogP contribution in [0.3, 0.4) is 0 Å². The van der Waals surface area contributed by atoms with Crippen molar-refractivity contribution in [1.29, 1.82) is 0 Å². The molecule has 0 radical (unpaired) electrons. The van der Waals surface area contributed by atoms with Gasteiger partial charge in [0.05, 0.1) is 6.04 Å². The predicted molar refractivity (Wildman–Crippen MR) is 122 cm³/mol. The Balaban J connectivity index is 1.56. The number of carbonyl (C=O) groups excluding carboxylic acids is 1. The van der Waals surface area contributed by atoms with Crippen LogP contribution in [0.25, 0.3) is 0 Å². The van der Waals surface area contributed by atoms with Crippen LogP contribution in [-0.2, 0) is 11.3 Å². The molecule has 2 aromatic rings. The number of hydrogen-bond acceptors (Lipinski definition) is 3. The largest absolute Gasteiger partial charge is 0.324 e. The quantitative estimate of drug-likeness (QED) is 0.730. The van der Waals surface area contributed by atoms with Crippen LogP contribution < -0.4 is 5.32 Å². The van der Waals surface area contributed by atoms with Gasteiger partial charge in [0.2, 0.25) is 5.91 Å². The molecule has 0 unspecified atom stereocenters. The molecule has 156 valence electrons. The van der Waals surface area contributed by atoms with Gasteiger partial charge < -0.3 is 5.32 Å². The zero-order valence-electron chi connectivity index (χ0n) is 17.9. The van der Waals surface area contributed by atoms with Crippen molar-refractivity contribution < 1.29 is 4.79 Å². The predicted octanol–water partition coefficient (Wildman–Crippen LogP) is 4.92. The Morgan fingerprint density at radius 3 is 2.31 bits per heavy atom. The summed E-state index contributed by atoms with van der Waals surface area (Å²) < 4.78 is 0. The summed E-state index contributed by atoms with van der Waals surface area (Å²) in [6.07, 6.45) is 0. The number of nitrogens with one attached hydrogen (secondary N) is 1. The second-order valence-electron chi connectivity index (χ2n) is 8.30. The number of piperazine rings is 1. The van der Waals surface area contributed by atoms with E-state index in [1.165, 1.54) is 11.1 Å². The van der Waals surface area contributed by atoms with Gasteiger partial charge in [-0.2, -0.15) is 0 Å². The van der Waals surface area contributed by atoms with Gasteiger partial charge in [0.25, 0.3) is 0 Å². The fraction of sp³-hybridized carbons (Fsp3) is 0.458. The molecule has 0 saturated carbocycles. The highest BCUT2D eigenvalue weighted by atomic mass is 35.5. The molecule has 2 aromatic carbocycles. The molecule has 1 heterocycles. The molecular weight excluding hydrogens is 382 g/mol. The van der Waals surface area contributed by atoms with Crippen LogP contribution in [0.15, 0.2) is 42.5 Å². The van der Waals surface area contributed by atoms with E-state index < -0.39 is 0 Å². The Kier molecular flexibility index (Phi) is 7.33. The van der Waals surface area contributed by atoms with E-state index in [1.54, 1.807) is 0 Å². The standard InChI is InChI=1S/C24H32ClN3O/c1-17(2)22-7-5-6-18(3)23(22)26-24(29)19(4)28-14-12-27(13-15-28)16-20-8-10-21(25)11-9-20/h5-11,17,19H,12-16H2,1-4H3,(H,26,29)/t19-/m1/s1. The average molecular weight is 414 g/mol. The highest BCUT2D eigenvalue weighted by Gasteiger charge is 2.26. The van der Waals surface area contributed by atoms with E-state index in [4.69, 9.17) is 11.6 Å². The molecule has 1 fully saturated rings. The first-order valence-corrected chi connectivity index (χ1v) is 10.8. The summed E-state index contributed by atoms with van der Waals surface area (Å²) in [5, 5.41) is 3.98. The Morgan fingerprint density at radius 1 is 1.03 bits per heavy atom. The molecule has 1 saturated heterocycles. The van der Waals surface area contributed by atoms with Crippen LogP contribution in [0, 0.1) is 6.92 Å². The Hall–Kier alpha value is -1.88. The van der Waals surface area contributed by atoms with Gasteiger partial charge in [-0.15, -0.1) is 0 Å². The van der Waals surface area contributed by atoms with Crippen molar-refractivity contribution in [2.75, 3.05) is 31.5 Å². The van der Waals surface area contributed by atoms with Crippen LogP contribution in [0.2, 0.25) is 5.02 Å². The lowest BCUT2D eigenvalue weighted by Gasteiger charge is -2.37. The maximum Gasteiger partial charge on any atom is 0.241 e. The molecule has 1 aliphatic rings. The Bertz CT molecular complexity index is 827. The number of benzene rings is 2. The van der Waals surface area contributed by atoms with Crippen LogP contribution >= 0.6 is 11.6 Å². The number of halogens is 1. The van der Waals surface area contributed by atoms with Crippen molar-refractivity contribution in [2.45, 2.75) is 46.2 Å². The van der Waals surface area contributed by atoms with Gasteiger partial charge in [-0.05, 0) is 48.6 Å². The number of hydrogen-bond donors (Lipinski definition) is 1. The zero-order valence-corrected chi connectivity index (χ0v) is 18.7. The monoisotopic (exact) mass is 413 g/mol.